The Morgan fingerprint density at radius 1 is 1.39 bits per heavy atom. The highest BCUT2D eigenvalue weighted by atomic mass is 79.9. The van der Waals surface area contributed by atoms with Crippen LogP contribution in [-0.4, -0.2) is 7.11 Å². The topological polar surface area (TPSA) is 34.4 Å². The van der Waals surface area contributed by atoms with E-state index >= 15 is 0 Å². The fraction of sp³-hybridized carbons (Fsp3) is 0.286. The molecule has 1 heterocycles. The number of hydrogen-bond donors (Lipinski definition) is 1. The number of halogens is 1. The molecule has 2 rings (SSSR count). The van der Waals surface area contributed by atoms with Crippen LogP contribution in [-0.2, 0) is 0 Å². The van der Waals surface area contributed by atoms with Crippen LogP contribution in [0.15, 0.2) is 45.5 Å². The van der Waals surface area contributed by atoms with Crippen LogP contribution in [0.25, 0.3) is 0 Å². The van der Waals surface area contributed by atoms with Crippen molar-refractivity contribution in [3.8, 4) is 5.75 Å². The molecule has 1 atom stereocenters. The minimum atomic E-state index is 0.172. The molecule has 1 N–H and O–H groups in total. The fourth-order valence-corrected chi connectivity index (χ4v) is 2.22. The number of nitrogens with one attached hydrogen (secondary N) is 1. The van der Waals surface area contributed by atoms with Gasteiger partial charge in [-0.25, -0.2) is 0 Å². The van der Waals surface area contributed by atoms with Crippen molar-refractivity contribution in [3.63, 3.8) is 0 Å². The van der Waals surface area contributed by atoms with Gasteiger partial charge in [0.1, 0.15) is 11.5 Å². The smallest absolute Gasteiger partial charge is 0.135 e. The van der Waals surface area contributed by atoms with E-state index in [2.05, 4.69) is 28.2 Å². The van der Waals surface area contributed by atoms with Gasteiger partial charge < -0.3 is 14.5 Å². The first kappa shape index (κ1) is 13.0. The van der Waals surface area contributed by atoms with Gasteiger partial charge in [0.25, 0.3) is 0 Å². The first-order valence-electron chi connectivity index (χ1n) is 5.88. The first-order valence-corrected chi connectivity index (χ1v) is 6.67. The summed E-state index contributed by atoms with van der Waals surface area (Å²) in [5, 5.41) is 3.44. The normalized spacial score (nSPS) is 12.2. The van der Waals surface area contributed by atoms with Crippen LogP contribution in [0.5, 0.6) is 5.75 Å². The zero-order chi connectivity index (χ0) is 13.0. The molecule has 1 aromatic carbocycles. The van der Waals surface area contributed by atoms with Gasteiger partial charge >= 0.3 is 0 Å². The largest absolute Gasteiger partial charge is 0.495 e. The van der Waals surface area contributed by atoms with E-state index in [-0.39, 0.29) is 6.04 Å². The Morgan fingerprint density at radius 2 is 2.22 bits per heavy atom. The summed E-state index contributed by atoms with van der Waals surface area (Å²) >= 11 is 3.44. The van der Waals surface area contributed by atoms with E-state index in [1.54, 1.807) is 13.4 Å². The predicted octanol–water partition coefficient (Wildman–Crippen LogP) is 4.61. The van der Waals surface area contributed by atoms with E-state index in [1.165, 1.54) is 0 Å². The van der Waals surface area contributed by atoms with Crippen LogP contribution in [0, 0.1) is 0 Å². The molecule has 1 aromatic heterocycles. The molecule has 4 heteroatoms. The number of anilines is 1. The molecule has 0 bridgehead atoms. The van der Waals surface area contributed by atoms with Gasteiger partial charge in [-0.1, -0.05) is 6.92 Å². The molecule has 3 nitrogen and oxygen atoms in total. The lowest BCUT2D eigenvalue weighted by Crippen LogP contribution is -2.08. The fourth-order valence-electron chi connectivity index (χ4n) is 1.81. The van der Waals surface area contributed by atoms with Gasteiger partial charge in [0.05, 0.1) is 23.9 Å². The minimum Gasteiger partial charge on any atom is -0.495 e. The Hall–Kier alpha value is -1.42. The van der Waals surface area contributed by atoms with Crippen molar-refractivity contribution >= 4 is 21.6 Å². The number of hydrogen-bond acceptors (Lipinski definition) is 3. The Morgan fingerprint density at radius 3 is 2.83 bits per heavy atom. The summed E-state index contributed by atoms with van der Waals surface area (Å²) in [6, 6.07) is 10.0. The van der Waals surface area contributed by atoms with Crippen molar-refractivity contribution < 1.29 is 9.15 Å². The third-order valence-electron chi connectivity index (χ3n) is 2.79. The highest BCUT2D eigenvalue weighted by Gasteiger charge is 2.12. The maximum atomic E-state index is 5.44. The summed E-state index contributed by atoms with van der Waals surface area (Å²) in [6.45, 7) is 2.12. The Bertz CT molecular complexity index is 497. The maximum absolute atomic E-state index is 5.44. The van der Waals surface area contributed by atoms with Gasteiger partial charge in [-0.2, -0.15) is 0 Å². The molecular formula is C14H16BrNO2. The van der Waals surface area contributed by atoms with Crippen molar-refractivity contribution in [1.82, 2.24) is 0 Å². The number of furan rings is 1. The molecule has 0 saturated carbocycles. The van der Waals surface area contributed by atoms with E-state index < -0.39 is 0 Å². The standard InChI is InChI=1S/C14H16BrNO2/c1-3-12(13-5-4-8-18-13)16-10-6-7-11(15)14(9-10)17-2/h4-9,12,16H,3H2,1-2H3. The molecular weight excluding hydrogens is 294 g/mol. The van der Waals surface area contributed by atoms with Crippen LogP contribution < -0.4 is 10.1 Å². The molecule has 1 unspecified atom stereocenters. The SMILES string of the molecule is CCC(Nc1ccc(Br)c(OC)c1)c1ccco1. The Kier molecular flexibility index (Phi) is 4.31. The van der Waals surface area contributed by atoms with Crippen molar-refractivity contribution in [1.29, 1.82) is 0 Å². The van der Waals surface area contributed by atoms with Crippen LogP contribution in [0.1, 0.15) is 25.1 Å². The lowest BCUT2D eigenvalue weighted by atomic mass is 10.1. The third-order valence-corrected chi connectivity index (χ3v) is 3.44. The van der Waals surface area contributed by atoms with Crippen LogP contribution in [0.4, 0.5) is 5.69 Å². The molecule has 2 aromatic rings. The summed E-state index contributed by atoms with van der Waals surface area (Å²) in [4.78, 5) is 0. The van der Waals surface area contributed by atoms with E-state index in [1.807, 2.05) is 30.3 Å². The molecule has 0 fully saturated rings. The monoisotopic (exact) mass is 309 g/mol. The van der Waals surface area contributed by atoms with Gasteiger partial charge in [-0.05, 0) is 46.6 Å². The summed E-state index contributed by atoms with van der Waals surface area (Å²) in [7, 11) is 1.66. The van der Waals surface area contributed by atoms with Crippen LogP contribution >= 0.6 is 15.9 Å². The van der Waals surface area contributed by atoms with E-state index in [4.69, 9.17) is 9.15 Å². The second kappa shape index (κ2) is 5.96. The second-order valence-electron chi connectivity index (χ2n) is 3.97. The quantitative estimate of drug-likeness (QED) is 0.875. The maximum Gasteiger partial charge on any atom is 0.135 e. The third kappa shape index (κ3) is 2.88. The molecule has 0 radical (unpaired) electrons. The van der Waals surface area contributed by atoms with Crippen molar-refractivity contribution in [2.45, 2.75) is 19.4 Å². The molecule has 96 valence electrons. The Balaban J connectivity index is 2.17. The van der Waals surface area contributed by atoms with Gasteiger partial charge in [0.15, 0.2) is 0 Å². The molecule has 0 amide bonds. The van der Waals surface area contributed by atoms with Crippen molar-refractivity contribution in [2.75, 3.05) is 12.4 Å². The van der Waals surface area contributed by atoms with Crippen molar-refractivity contribution in [2.24, 2.45) is 0 Å². The van der Waals surface area contributed by atoms with Crippen molar-refractivity contribution in [3.05, 3.63) is 46.8 Å². The highest BCUT2D eigenvalue weighted by Crippen LogP contribution is 2.30. The zero-order valence-corrected chi connectivity index (χ0v) is 12.0. The lowest BCUT2D eigenvalue weighted by molar-refractivity contribution is 0.412. The molecule has 18 heavy (non-hydrogen) atoms. The van der Waals surface area contributed by atoms with Gasteiger partial charge in [-0.15, -0.1) is 0 Å². The first-order chi connectivity index (χ1) is 8.74. The number of ether oxygens (including phenoxy) is 1. The molecule has 0 aliphatic heterocycles. The number of rotatable bonds is 5. The minimum absolute atomic E-state index is 0.172. The van der Waals surface area contributed by atoms with E-state index in [0.717, 1.165) is 28.1 Å². The average Bonchev–Trinajstić information content (AvgIpc) is 2.91. The van der Waals surface area contributed by atoms with Crippen LogP contribution in [0.3, 0.4) is 0 Å². The van der Waals surface area contributed by atoms with E-state index in [0.29, 0.717) is 0 Å². The summed E-state index contributed by atoms with van der Waals surface area (Å²) in [6.07, 6.45) is 2.65. The van der Waals surface area contributed by atoms with Gasteiger partial charge in [0.2, 0.25) is 0 Å². The van der Waals surface area contributed by atoms with Gasteiger partial charge in [-0.3, -0.25) is 0 Å². The summed E-state index contributed by atoms with van der Waals surface area (Å²) in [5.41, 5.74) is 1.01. The van der Waals surface area contributed by atoms with E-state index in [9.17, 15) is 0 Å². The summed E-state index contributed by atoms with van der Waals surface area (Å²) < 4.78 is 11.7. The molecule has 0 aliphatic rings. The Labute approximate surface area is 115 Å². The highest BCUT2D eigenvalue weighted by molar-refractivity contribution is 9.10. The molecule has 0 spiro atoms. The van der Waals surface area contributed by atoms with Gasteiger partial charge in [0, 0.05) is 11.8 Å². The number of benzene rings is 1. The average molecular weight is 310 g/mol. The number of methoxy groups -OCH3 is 1. The molecule has 0 saturated heterocycles. The molecule has 0 aliphatic carbocycles. The predicted molar refractivity (Wildman–Crippen MR) is 76.1 cm³/mol. The zero-order valence-electron chi connectivity index (χ0n) is 10.4. The lowest BCUT2D eigenvalue weighted by Gasteiger charge is -2.17. The van der Waals surface area contributed by atoms with Crippen LogP contribution in [0.2, 0.25) is 0 Å². The summed E-state index contributed by atoms with van der Waals surface area (Å²) in [5.74, 6) is 1.76. The second-order valence-corrected chi connectivity index (χ2v) is 4.82.